The summed E-state index contributed by atoms with van der Waals surface area (Å²) in [6.07, 6.45) is -2.47. The number of nitrogens with one attached hydrogen (secondary N) is 1. The van der Waals surface area contributed by atoms with Crippen LogP contribution in [0.4, 0.5) is 13.2 Å². The van der Waals surface area contributed by atoms with Gasteiger partial charge in [-0.05, 0) is 35.9 Å². The number of hydrogen-bond acceptors (Lipinski definition) is 4. The molecule has 25 heavy (non-hydrogen) atoms. The maximum atomic E-state index is 12.8. The molecule has 128 valence electrons. The standard InChI is InChI=1S/C17H10F3NO4/c18-17(19,20)11-8-9(5-7-14(11)23)4-6-13(22)10-2-1-3-12-15(10)25-16(24)21-12/h1-8,23H,(H,21,24)/b6-4+. The van der Waals surface area contributed by atoms with Crippen molar-refractivity contribution in [1.82, 2.24) is 4.98 Å². The molecule has 0 saturated carbocycles. The van der Waals surface area contributed by atoms with Crippen LogP contribution in [0.15, 0.2) is 51.7 Å². The van der Waals surface area contributed by atoms with E-state index in [1.807, 2.05) is 0 Å². The molecule has 1 aromatic heterocycles. The van der Waals surface area contributed by atoms with Crippen LogP contribution in [0.3, 0.4) is 0 Å². The van der Waals surface area contributed by atoms with Crippen molar-refractivity contribution in [2.75, 3.05) is 0 Å². The van der Waals surface area contributed by atoms with Crippen molar-refractivity contribution >= 4 is 23.0 Å². The molecule has 0 aliphatic carbocycles. The fraction of sp³-hybridized carbons (Fsp3) is 0.0588. The van der Waals surface area contributed by atoms with Gasteiger partial charge in [-0.3, -0.25) is 9.78 Å². The Morgan fingerprint density at radius 3 is 2.68 bits per heavy atom. The molecule has 0 unspecified atom stereocenters. The van der Waals surface area contributed by atoms with Crippen LogP contribution in [0.1, 0.15) is 21.5 Å². The van der Waals surface area contributed by atoms with Gasteiger partial charge in [-0.15, -0.1) is 0 Å². The van der Waals surface area contributed by atoms with Crippen molar-refractivity contribution in [2.24, 2.45) is 0 Å². The smallest absolute Gasteiger partial charge is 0.419 e. The normalized spacial score (nSPS) is 12.1. The number of phenolic OH excluding ortho intramolecular Hbond substituents is 1. The molecule has 2 N–H and O–H groups in total. The summed E-state index contributed by atoms with van der Waals surface area (Å²) in [5.74, 6) is -2.16. The second-order valence-corrected chi connectivity index (χ2v) is 5.17. The Morgan fingerprint density at radius 2 is 1.96 bits per heavy atom. The zero-order valence-electron chi connectivity index (χ0n) is 12.4. The molecule has 0 atom stereocenters. The van der Waals surface area contributed by atoms with Gasteiger partial charge in [0.25, 0.3) is 0 Å². The van der Waals surface area contributed by atoms with Crippen LogP contribution in [0.5, 0.6) is 5.75 Å². The molecule has 1 heterocycles. The molecule has 0 saturated heterocycles. The minimum Gasteiger partial charge on any atom is -0.507 e. The average Bonchev–Trinajstić information content (AvgIpc) is 2.92. The average molecular weight is 349 g/mol. The fourth-order valence-corrected chi connectivity index (χ4v) is 2.31. The quantitative estimate of drug-likeness (QED) is 0.557. The summed E-state index contributed by atoms with van der Waals surface area (Å²) in [5.41, 5.74) is -0.596. The van der Waals surface area contributed by atoms with Crippen molar-refractivity contribution in [2.45, 2.75) is 6.18 Å². The summed E-state index contributed by atoms with van der Waals surface area (Å²) in [7, 11) is 0. The van der Waals surface area contributed by atoms with Gasteiger partial charge in [0.05, 0.1) is 16.6 Å². The SMILES string of the molecule is O=C(/C=C/c1ccc(O)c(C(F)(F)F)c1)c1cccc2[nH]c(=O)oc12. The topological polar surface area (TPSA) is 83.3 Å². The Labute approximate surface area is 138 Å². The third-order valence-electron chi connectivity index (χ3n) is 3.47. The number of H-pyrrole nitrogens is 1. The van der Waals surface area contributed by atoms with E-state index in [9.17, 15) is 27.9 Å². The maximum absolute atomic E-state index is 12.8. The first kappa shape index (κ1) is 16.6. The van der Waals surface area contributed by atoms with Crippen LogP contribution in [-0.4, -0.2) is 15.9 Å². The highest BCUT2D eigenvalue weighted by atomic mass is 19.4. The first-order valence-corrected chi connectivity index (χ1v) is 7.00. The Kier molecular flexibility index (Phi) is 3.96. The van der Waals surface area contributed by atoms with E-state index in [0.29, 0.717) is 5.52 Å². The summed E-state index contributed by atoms with van der Waals surface area (Å²) in [6, 6.07) is 7.40. The highest BCUT2D eigenvalue weighted by molar-refractivity contribution is 6.12. The Morgan fingerprint density at radius 1 is 1.20 bits per heavy atom. The molecule has 0 amide bonds. The fourth-order valence-electron chi connectivity index (χ4n) is 2.31. The summed E-state index contributed by atoms with van der Waals surface area (Å²) < 4.78 is 43.2. The lowest BCUT2D eigenvalue weighted by Gasteiger charge is -2.09. The molecule has 2 aromatic carbocycles. The number of carbonyl (C=O) groups is 1. The Balaban J connectivity index is 1.94. The predicted octanol–water partition coefficient (Wildman–Crippen LogP) is 3.74. The highest BCUT2D eigenvalue weighted by Crippen LogP contribution is 2.36. The number of hydrogen-bond donors (Lipinski definition) is 2. The molecular weight excluding hydrogens is 339 g/mol. The molecule has 3 rings (SSSR count). The van der Waals surface area contributed by atoms with Crippen molar-refractivity contribution in [1.29, 1.82) is 0 Å². The zero-order valence-corrected chi connectivity index (χ0v) is 12.4. The van der Waals surface area contributed by atoms with Crippen molar-refractivity contribution in [3.05, 3.63) is 69.7 Å². The van der Waals surface area contributed by atoms with Crippen LogP contribution >= 0.6 is 0 Å². The van der Waals surface area contributed by atoms with E-state index >= 15 is 0 Å². The summed E-state index contributed by atoms with van der Waals surface area (Å²) in [4.78, 5) is 25.9. The number of ketones is 1. The third kappa shape index (κ3) is 3.32. The number of alkyl halides is 3. The molecule has 0 aliphatic heterocycles. The molecule has 0 fully saturated rings. The first-order chi connectivity index (χ1) is 11.8. The van der Waals surface area contributed by atoms with Gasteiger partial charge in [0.2, 0.25) is 0 Å². The minimum atomic E-state index is -4.71. The van der Waals surface area contributed by atoms with Crippen molar-refractivity contribution in [3.63, 3.8) is 0 Å². The molecule has 8 heteroatoms. The van der Waals surface area contributed by atoms with Crippen molar-refractivity contribution in [3.8, 4) is 5.75 Å². The van der Waals surface area contributed by atoms with Crippen molar-refractivity contribution < 1.29 is 27.5 Å². The molecule has 3 aromatic rings. The van der Waals surface area contributed by atoms with E-state index < -0.39 is 29.0 Å². The monoisotopic (exact) mass is 349 g/mol. The van der Waals surface area contributed by atoms with E-state index in [0.717, 1.165) is 18.2 Å². The number of phenols is 1. The van der Waals surface area contributed by atoms with Crippen LogP contribution in [0, 0.1) is 0 Å². The van der Waals surface area contributed by atoms with E-state index in [1.165, 1.54) is 24.3 Å². The number of rotatable bonds is 3. The number of para-hydroxylation sites is 1. The number of allylic oxidation sites excluding steroid dienone is 1. The lowest BCUT2D eigenvalue weighted by molar-refractivity contribution is -0.138. The number of carbonyl (C=O) groups excluding carboxylic acids is 1. The third-order valence-corrected chi connectivity index (χ3v) is 3.47. The van der Waals surface area contributed by atoms with Gasteiger partial charge in [0.15, 0.2) is 11.4 Å². The predicted molar refractivity (Wildman–Crippen MR) is 83.3 cm³/mol. The lowest BCUT2D eigenvalue weighted by atomic mass is 10.1. The van der Waals surface area contributed by atoms with Gasteiger partial charge in [-0.25, -0.2) is 4.79 Å². The summed E-state index contributed by atoms with van der Waals surface area (Å²) in [5, 5.41) is 9.29. The van der Waals surface area contributed by atoms with Gasteiger partial charge in [0.1, 0.15) is 5.75 Å². The van der Waals surface area contributed by atoms with E-state index in [4.69, 9.17) is 4.42 Å². The number of fused-ring (bicyclic) bond motifs is 1. The molecule has 0 spiro atoms. The second kappa shape index (κ2) is 5.97. The number of aromatic nitrogens is 1. The van der Waals surface area contributed by atoms with Gasteiger partial charge >= 0.3 is 11.9 Å². The molecular formula is C17H10F3NO4. The second-order valence-electron chi connectivity index (χ2n) is 5.17. The van der Waals surface area contributed by atoms with Crippen LogP contribution in [-0.2, 0) is 6.18 Å². The zero-order chi connectivity index (χ0) is 18.2. The van der Waals surface area contributed by atoms with E-state index in [2.05, 4.69) is 4.98 Å². The first-order valence-electron chi connectivity index (χ1n) is 7.00. The van der Waals surface area contributed by atoms with Gasteiger partial charge in [-0.2, -0.15) is 13.2 Å². The Bertz CT molecular complexity index is 1040. The van der Waals surface area contributed by atoms with Gasteiger partial charge in [-0.1, -0.05) is 18.2 Å². The highest BCUT2D eigenvalue weighted by Gasteiger charge is 2.33. The number of oxazole rings is 1. The molecule has 0 bridgehead atoms. The van der Waals surface area contributed by atoms with Crippen LogP contribution in [0.2, 0.25) is 0 Å². The largest absolute Gasteiger partial charge is 0.507 e. The molecule has 5 nitrogen and oxygen atoms in total. The minimum absolute atomic E-state index is 0.0730. The number of aromatic amines is 1. The lowest BCUT2D eigenvalue weighted by Crippen LogP contribution is -2.05. The van der Waals surface area contributed by atoms with Gasteiger partial charge < -0.3 is 9.52 Å². The Hall–Kier alpha value is -3.29. The van der Waals surface area contributed by atoms with Crippen LogP contribution < -0.4 is 5.76 Å². The number of halogens is 3. The summed E-state index contributed by atoms with van der Waals surface area (Å²) >= 11 is 0. The number of aromatic hydroxyl groups is 1. The van der Waals surface area contributed by atoms with E-state index in [-0.39, 0.29) is 16.7 Å². The number of benzene rings is 2. The maximum Gasteiger partial charge on any atom is 0.419 e. The van der Waals surface area contributed by atoms with E-state index in [1.54, 1.807) is 6.07 Å². The van der Waals surface area contributed by atoms with Gasteiger partial charge in [0, 0.05) is 0 Å². The molecule has 0 aliphatic rings. The molecule has 0 radical (unpaired) electrons. The van der Waals surface area contributed by atoms with Crippen LogP contribution in [0.25, 0.3) is 17.2 Å². The summed E-state index contributed by atoms with van der Waals surface area (Å²) in [6.45, 7) is 0.